The highest BCUT2D eigenvalue weighted by atomic mass is 19.4. The van der Waals surface area contributed by atoms with Gasteiger partial charge in [-0.15, -0.1) is 13.2 Å². The van der Waals surface area contributed by atoms with Crippen LogP contribution in [0.25, 0.3) is 10.9 Å². The van der Waals surface area contributed by atoms with Gasteiger partial charge in [-0.05, 0) is 12.0 Å². The van der Waals surface area contributed by atoms with E-state index < -0.39 is 6.36 Å². The molecule has 0 spiro atoms. The molecule has 0 unspecified atom stereocenters. The Balaban J connectivity index is 2.63. The summed E-state index contributed by atoms with van der Waals surface area (Å²) in [6.07, 6.45) is -3.57. The Bertz CT molecular complexity index is 564. The molecule has 2 aromatic rings. The minimum absolute atomic E-state index is 0.0877. The molecule has 1 aromatic heterocycles. The Hall–Kier alpha value is -1.78. The fraction of sp³-hybridized carbons (Fsp3) is 0.308. The summed E-state index contributed by atoms with van der Waals surface area (Å²) in [4.78, 5) is 3.98. The van der Waals surface area contributed by atoms with E-state index in [4.69, 9.17) is 0 Å². The number of halogens is 3. The van der Waals surface area contributed by atoms with E-state index in [-0.39, 0.29) is 11.7 Å². The van der Waals surface area contributed by atoms with Crippen LogP contribution in [0.15, 0.2) is 30.5 Å². The summed E-state index contributed by atoms with van der Waals surface area (Å²) in [6.45, 7) is 3.65. The molecule has 2 nitrogen and oxygen atoms in total. The number of para-hydroxylation sites is 1. The first-order valence-electron chi connectivity index (χ1n) is 5.52. The number of benzene rings is 1. The highest BCUT2D eigenvalue weighted by Crippen LogP contribution is 2.35. The number of nitrogens with zero attached hydrogens (tertiary/aromatic N) is 1. The zero-order valence-electron chi connectivity index (χ0n) is 9.95. The van der Waals surface area contributed by atoms with Crippen LogP contribution in [0.2, 0.25) is 0 Å². The molecule has 0 aliphatic rings. The third-order valence-electron chi connectivity index (χ3n) is 2.58. The molecule has 0 saturated carbocycles. The fourth-order valence-corrected chi connectivity index (χ4v) is 1.95. The van der Waals surface area contributed by atoms with Crippen molar-refractivity contribution in [3.05, 3.63) is 36.0 Å². The standard InChI is InChI=1S/C13H12F3NO/c1-8(2)12-9-5-3-4-6-10(9)17-7-11(12)18-13(14,15)16/h3-8H,1-2H3. The highest BCUT2D eigenvalue weighted by molar-refractivity contribution is 5.84. The van der Waals surface area contributed by atoms with Crippen molar-refractivity contribution < 1.29 is 17.9 Å². The molecular weight excluding hydrogens is 243 g/mol. The summed E-state index contributed by atoms with van der Waals surface area (Å²) in [6, 6.07) is 7.08. The van der Waals surface area contributed by atoms with Gasteiger partial charge in [0.15, 0.2) is 5.75 Å². The van der Waals surface area contributed by atoms with E-state index in [1.807, 2.05) is 13.8 Å². The molecule has 2 rings (SSSR count). The maximum absolute atomic E-state index is 12.3. The Morgan fingerprint density at radius 1 is 1.17 bits per heavy atom. The van der Waals surface area contributed by atoms with Gasteiger partial charge in [-0.3, -0.25) is 4.98 Å². The van der Waals surface area contributed by atoms with Gasteiger partial charge in [-0.1, -0.05) is 32.0 Å². The number of rotatable bonds is 2. The number of fused-ring (bicyclic) bond motifs is 1. The van der Waals surface area contributed by atoms with E-state index in [2.05, 4.69) is 9.72 Å². The number of pyridine rings is 1. The SMILES string of the molecule is CC(C)c1c(OC(F)(F)F)cnc2ccccc12. The zero-order valence-corrected chi connectivity index (χ0v) is 9.95. The van der Waals surface area contributed by atoms with E-state index in [1.165, 1.54) is 0 Å². The predicted molar refractivity (Wildman–Crippen MR) is 62.5 cm³/mol. The van der Waals surface area contributed by atoms with Crippen molar-refractivity contribution in [2.75, 3.05) is 0 Å². The molecule has 96 valence electrons. The Labute approximate surface area is 102 Å². The van der Waals surface area contributed by atoms with E-state index in [1.54, 1.807) is 24.3 Å². The van der Waals surface area contributed by atoms with Crippen molar-refractivity contribution in [2.24, 2.45) is 0 Å². The lowest BCUT2D eigenvalue weighted by Crippen LogP contribution is -2.18. The third-order valence-corrected chi connectivity index (χ3v) is 2.58. The average Bonchev–Trinajstić information content (AvgIpc) is 2.26. The first kappa shape index (κ1) is 12.7. The number of alkyl halides is 3. The van der Waals surface area contributed by atoms with Gasteiger partial charge in [0.05, 0.1) is 11.7 Å². The molecule has 0 atom stereocenters. The summed E-state index contributed by atoms with van der Waals surface area (Å²) < 4.78 is 41.0. The lowest BCUT2D eigenvalue weighted by molar-refractivity contribution is -0.275. The number of ether oxygens (including phenoxy) is 1. The summed E-state index contributed by atoms with van der Waals surface area (Å²) in [7, 11) is 0. The highest BCUT2D eigenvalue weighted by Gasteiger charge is 2.33. The summed E-state index contributed by atoms with van der Waals surface area (Å²) >= 11 is 0. The van der Waals surface area contributed by atoms with Gasteiger partial charge in [-0.25, -0.2) is 0 Å². The van der Waals surface area contributed by atoms with Gasteiger partial charge in [0.25, 0.3) is 0 Å². The lowest BCUT2D eigenvalue weighted by atomic mass is 9.98. The fourth-order valence-electron chi connectivity index (χ4n) is 1.95. The summed E-state index contributed by atoms with van der Waals surface area (Å²) in [5.74, 6) is -0.313. The molecule has 0 amide bonds. The van der Waals surface area contributed by atoms with Gasteiger partial charge < -0.3 is 4.74 Å². The van der Waals surface area contributed by atoms with Gasteiger partial charge in [0.2, 0.25) is 0 Å². The quantitative estimate of drug-likeness (QED) is 0.800. The van der Waals surface area contributed by atoms with Gasteiger partial charge in [-0.2, -0.15) is 0 Å². The molecule has 0 aliphatic heterocycles. The van der Waals surface area contributed by atoms with E-state index in [0.29, 0.717) is 16.5 Å². The molecule has 0 saturated heterocycles. The molecule has 1 aromatic carbocycles. The van der Waals surface area contributed by atoms with E-state index in [0.717, 1.165) is 6.20 Å². The molecule has 0 N–H and O–H groups in total. The molecule has 1 heterocycles. The van der Waals surface area contributed by atoms with Crippen molar-refractivity contribution in [3.8, 4) is 5.75 Å². The van der Waals surface area contributed by atoms with Crippen LogP contribution in [-0.4, -0.2) is 11.3 Å². The Kier molecular flexibility index (Phi) is 3.15. The van der Waals surface area contributed by atoms with E-state index in [9.17, 15) is 13.2 Å². The number of aromatic nitrogens is 1. The smallest absolute Gasteiger partial charge is 0.404 e. The van der Waals surface area contributed by atoms with Gasteiger partial charge in [0.1, 0.15) is 0 Å². The first-order valence-corrected chi connectivity index (χ1v) is 5.52. The Morgan fingerprint density at radius 2 is 1.83 bits per heavy atom. The maximum atomic E-state index is 12.3. The average molecular weight is 255 g/mol. The largest absolute Gasteiger partial charge is 0.573 e. The maximum Gasteiger partial charge on any atom is 0.573 e. The van der Waals surface area contributed by atoms with Gasteiger partial charge in [0, 0.05) is 10.9 Å². The molecule has 0 bridgehead atoms. The summed E-state index contributed by atoms with van der Waals surface area (Å²) in [5.41, 5.74) is 1.19. The van der Waals surface area contributed by atoms with Crippen LogP contribution in [0.4, 0.5) is 13.2 Å². The lowest BCUT2D eigenvalue weighted by Gasteiger charge is -2.17. The third kappa shape index (κ3) is 2.55. The molecular formula is C13H12F3NO. The second-order valence-electron chi connectivity index (χ2n) is 4.26. The van der Waals surface area contributed by atoms with Crippen LogP contribution in [0.3, 0.4) is 0 Å². The first-order chi connectivity index (χ1) is 8.38. The van der Waals surface area contributed by atoms with Crippen LogP contribution < -0.4 is 4.74 Å². The summed E-state index contributed by atoms with van der Waals surface area (Å²) in [5, 5.41) is 0.689. The minimum atomic E-state index is -4.70. The van der Waals surface area contributed by atoms with Crippen molar-refractivity contribution in [1.29, 1.82) is 0 Å². The minimum Gasteiger partial charge on any atom is -0.404 e. The second kappa shape index (κ2) is 4.48. The monoisotopic (exact) mass is 255 g/mol. The van der Waals surface area contributed by atoms with Crippen molar-refractivity contribution >= 4 is 10.9 Å². The molecule has 0 radical (unpaired) electrons. The normalized spacial score (nSPS) is 12.1. The predicted octanol–water partition coefficient (Wildman–Crippen LogP) is 4.26. The van der Waals surface area contributed by atoms with Crippen LogP contribution in [0, 0.1) is 0 Å². The zero-order chi connectivity index (χ0) is 13.3. The van der Waals surface area contributed by atoms with Crippen molar-refractivity contribution in [1.82, 2.24) is 4.98 Å². The molecule has 0 aliphatic carbocycles. The molecule has 18 heavy (non-hydrogen) atoms. The van der Waals surface area contributed by atoms with Crippen LogP contribution in [-0.2, 0) is 0 Å². The topological polar surface area (TPSA) is 22.1 Å². The van der Waals surface area contributed by atoms with Crippen LogP contribution in [0.5, 0.6) is 5.75 Å². The molecule has 0 fully saturated rings. The van der Waals surface area contributed by atoms with Crippen LogP contribution in [0.1, 0.15) is 25.3 Å². The molecule has 5 heteroatoms. The van der Waals surface area contributed by atoms with Crippen molar-refractivity contribution in [2.45, 2.75) is 26.1 Å². The van der Waals surface area contributed by atoms with Crippen LogP contribution >= 0.6 is 0 Å². The van der Waals surface area contributed by atoms with Gasteiger partial charge >= 0.3 is 6.36 Å². The van der Waals surface area contributed by atoms with Crippen molar-refractivity contribution in [3.63, 3.8) is 0 Å². The van der Waals surface area contributed by atoms with E-state index >= 15 is 0 Å². The second-order valence-corrected chi connectivity index (χ2v) is 4.26. The number of hydrogen-bond acceptors (Lipinski definition) is 2. The Morgan fingerprint density at radius 3 is 2.44 bits per heavy atom. The number of hydrogen-bond donors (Lipinski definition) is 0.